The molecule has 0 amide bonds. The smallest absolute Gasteiger partial charge is 0.308 e. The zero-order valence-electron chi connectivity index (χ0n) is 40.8. The summed E-state index contributed by atoms with van der Waals surface area (Å²) in [5.74, 6) is 0. The van der Waals surface area contributed by atoms with Gasteiger partial charge in [0, 0.05) is 21.5 Å². The predicted octanol–water partition coefficient (Wildman–Crippen LogP) is 16.5. The molecule has 0 aliphatic rings. The fourth-order valence-electron chi connectivity index (χ4n) is 10.6. The number of aromatic nitrogens is 2. The molecule has 362 valence electrons. The number of fused-ring (bicyclic) bond motifs is 6. The zero-order chi connectivity index (χ0) is 53.8. The molecule has 2 heterocycles. The van der Waals surface area contributed by atoms with Gasteiger partial charge in [-0.15, -0.1) is 0 Å². The summed E-state index contributed by atoms with van der Waals surface area (Å²) in [6.07, 6.45) is -4.91. The van der Waals surface area contributed by atoms with Crippen molar-refractivity contribution in [2.75, 3.05) is 0 Å². The first-order valence-electron chi connectivity index (χ1n) is 24.4. The van der Waals surface area contributed by atoms with Gasteiger partial charge < -0.3 is 9.13 Å². The van der Waals surface area contributed by atoms with Gasteiger partial charge in [0.05, 0.1) is 97.2 Å². The Morgan fingerprint density at radius 1 is 0.282 bits per heavy atom. The third kappa shape index (κ3) is 8.08. The Morgan fingerprint density at radius 2 is 0.564 bits per heavy atom. The highest BCUT2D eigenvalue weighted by molar-refractivity contribution is 6.13. The number of rotatable bonds is 7. The van der Waals surface area contributed by atoms with E-state index < -0.39 is 11.7 Å². The Kier molecular flexibility index (Phi) is 11.4. The summed E-state index contributed by atoms with van der Waals surface area (Å²) in [7, 11) is 0. The maximum absolute atomic E-state index is 15.5. The molecule has 0 aliphatic heterocycles. The highest BCUT2D eigenvalue weighted by Crippen LogP contribution is 2.45. The van der Waals surface area contributed by atoms with Crippen LogP contribution < -0.4 is 0 Å². The lowest BCUT2D eigenvalue weighted by Gasteiger charge is -2.20. The summed E-state index contributed by atoms with van der Waals surface area (Å²) in [4.78, 5) is 0. The standard InChI is InChI=1S/C67H33F3N8/c68-67(69,70)60-27-44(38-75)9-22-54(60)53-32-65(77-61-28-49(45-10-1-40(34-71)2-11-45)18-23-55(61)56-24-19-50(29-62(56)77)46-12-3-41(35-72)4-13-46)59(39-76)66(33-53)78-63-30-51(47-14-5-42(36-73)6-15-47)20-25-57(63)58-26-21-52(31-64(58)78)48-16-7-43(37-74)8-17-48/h1-33H. The quantitative estimate of drug-likeness (QED) is 0.155. The SMILES string of the molecule is N#Cc1ccc(-c2ccc3c4ccc(-c5ccc(C#N)cc5)cc4n(-c4cc(-c5ccc(C#N)cc5C(F)(F)F)cc(-n5c6cc(-c7ccc(C#N)cc7)ccc6c6ccc(-c7ccc(C#N)cc7)cc65)c4C#N)c3c2)cc1. The van der Waals surface area contributed by atoms with E-state index in [1.54, 1.807) is 60.7 Å². The minimum Gasteiger partial charge on any atom is -0.308 e. The first kappa shape index (κ1) is 47.5. The summed E-state index contributed by atoms with van der Waals surface area (Å²) in [5.41, 5.74) is 10.1. The number of hydrogen-bond acceptors (Lipinski definition) is 6. The minimum absolute atomic E-state index is 0.110. The van der Waals surface area contributed by atoms with E-state index in [2.05, 4.69) is 30.3 Å². The summed E-state index contributed by atoms with van der Waals surface area (Å²) < 4.78 is 50.5. The van der Waals surface area contributed by atoms with Crippen LogP contribution in [0, 0.1) is 68.0 Å². The molecular formula is C67H33F3N8. The van der Waals surface area contributed by atoms with Gasteiger partial charge in [0.15, 0.2) is 0 Å². The van der Waals surface area contributed by atoms with Gasteiger partial charge in [-0.05, 0) is 153 Å². The van der Waals surface area contributed by atoms with Crippen molar-refractivity contribution in [3.05, 3.63) is 239 Å². The molecule has 0 N–H and O–H groups in total. The first-order chi connectivity index (χ1) is 38.0. The number of hydrogen-bond donors (Lipinski definition) is 0. The third-order valence-corrected chi connectivity index (χ3v) is 14.4. The summed E-state index contributed by atoms with van der Waals surface area (Å²) in [5, 5.41) is 63.5. The Morgan fingerprint density at radius 3 is 0.833 bits per heavy atom. The van der Waals surface area contributed by atoms with Crippen LogP contribution in [0.15, 0.2) is 200 Å². The lowest BCUT2D eigenvalue weighted by Crippen LogP contribution is -2.09. The first-order valence-corrected chi connectivity index (χ1v) is 24.4. The van der Waals surface area contributed by atoms with E-state index in [0.29, 0.717) is 44.3 Å². The lowest BCUT2D eigenvalue weighted by atomic mass is 9.94. The summed E-state index contributed by atoms with van der Waals surface area (Å²) in [6, 6.07) is 72.1. The van der Waals surface area contributed by atoms with E-state index >= 15 is 13.2 Å². The maximum Gasteiger partial charge on any atom is 0.417 e. The lowest BCUT2D eigenvalue weighted by molar-refractivity contribution is -0.137. The topological polar surface area (TPSA) is 153 Å². The van der Waals surface area contributed by atoms with Crippen molar-refractivity contribution >= 4 is 43.6 Å². The van der Waals surface area contributed by atoms with Crippen LogP contribution in [0.2, 0.25) is 0 Å². The van der Waals surface area contributed by atoms with Gasteiger partial charge in [-0.2, -0.15) is 44.7 Å². The van der Waals surface area contributed by atoms with Crippen LogP contribution in [-0.4, -0.2) is 9.13 Å². The molecule has 11 heteroatoms. The molecule has 12 rings (SSSR count). The van der Waals surface area contributed by atoms with Crippen molar-refractivity contribution in [3.63, 3.8) is 0 Å². The van der Waals surface area contributed by atoms with Gasteiger partial charge in [-0.25, -0.2) is 0 Å². The van der Waals surface area contributed by atoms with E-state index in [4.69, 9.17) is 0 Å². The van der Waals surface area contributed by atoms with Gasteiger partial charge in [0.1, 0.15) is 11.6 Å². The van der Waals surface area contributed by atoms with Crippen LogP contribution in [0.4, 0.5) is 13.2 Å². The van der Waals surface area contributed by atoms with E-state index in [-0.39, 0.29) is 33.6 Å². The molecular weight excluding hydrogens is 974 g/mol. The van der Waals surface area contributed by atoms with E-state index in [9.17, 15) is 31.6 Å². The van der Waals surface area contributed by atoms with Crippen molar-refractivity contribution in [3.8, 4) is 103 Å². The molecule has 12 aromatic rings. The Balaban J connectivity index is 1.24. The number of alkyl halides is 3. The van der Waals surface area contributed by atoms with Crippen LogP contribution in [0.5, 0.6) is 0 Å². The average molecular weight is 1010 g/mol. The molecule has 0 atom stereocenters. The monoisotopic (exact) mass is 1010 g/mol. The number of nitriles is 6. The Labute approximate surface area is 444 Å². The van der Waals surface area contributed by atoms with Gasteiger partial charge >= 0.3 is 6.18 Å². The second-order valence-corrected chi connectivity index (χ2v) is 18.7. The van der Waals surface area contributed by atoms with Crippen LogP contribution in [0.25, 0.3) is 111 Å². The largest absolute Gasteiger partial charge is 0.417 e. The molecule has 0 saturated carbocycles. The summed E-state index contributed by atoms with van der Waals surface area (Å²) >= 11 is 0. The van der Waals surface area contributed by atoms with Crippen LogP contribution in [0.3, 0.4) is 0 Å². The predicted molar refractivity (Wildman–Crippen MR) is 296 cm³/mol. The molecule has 0 spiro atoms. The number of halogens is 3. The number of benzene rings is 10. The average Bonchev–Trinajstić information content (AvgIpc) is 4.23. The second kappa shape index (κ2) is 18.8. The van der Waals surface area contributed by atoms with Crippen molar-refractivity contribution < 1.29 is 13.2 Å². The zero-order valence-corrected chi connectivity index (χ0v) is 40.8. The summed E-state index contributed by atoms with van der Waals surface area (Å²) in [6.45, 7) is 0. The van der Waals surface area contributed by atoms with Gasteiger partial charge in [-0.3, -0.25) is 0 Å². The van der Waals surface area contributed by atoms with E-state index in [1.807, 2.05) is 137 Å². The van der Waals surface area contributed by atoms with Crippen LogP contribution in [-0.2, 0) is 6.18 Å². The fourth-order valence-corrected chi connectivity index (χ4v) is 10.6. The molecule has 0 bridgehead atoms. The number of nitrogens with zero attached hydrogens (tertiary/aromatic N) is 8. The highest BCUT2D eigenvalue weighted by atomic mass is 19.4. The van der Waals surface area contributed by atoms with E-state index in [0.717, 1.165) is 72.1 Å². The molecule has 0 fully saturated rings. The second-order valence-electron chi connectivity index (χ2n) is 18.7. The van der Waals surface area contributed by atoms with Gasteiger partial charge in [0.2, 0.25) is 0 Å². The van der Waals surface area contributed by atoms with Crippen molar-refractivity contribution in [2.24, 2.45) is 0 Å². The fraction of sp³-hybridized carbons (Fsp3) is 0.0149. The van der Waals surface area contributed by atoms with Crippen molar-refractivity contribution in [1.82, 2.24) is 9.13 Å². The maximum atomic E-state index is 15.5. The van der Waals surface area contributed by atoms with Crippen LogP contribution in [0.1, 0.15) is 38.9 Å². The Bertz CT molecular complexity index is 4260. The van der Waals surface area contributed by atoms with E-state index in [1.165, 1.54) is 12.1 Å². The minimum atomic E-state index is -4.91. The Hall–Kier alpha value is -11.5. The van der Waals surface area contributed by atoms with Gasteiger partial charge in [0.25, 0.3) is 0 Å². The third-order valence-electron chi connectivity index (χ3n) is 14.4. The highest BCUT2D eigenvalue weighted by Gasteiger charge is 2.35. The molecule has 0 saturated heterocycles. The van der Waals surface area contributed by atoms with Crippen molar-refractivity contribution in [2.45, 2.75) is 6.18 Å². The molecule has 8 nitrogen and oxygen atoms in total. The van der Waals surface area contributed by atoms with Crippen LogP contribution >= 0.6 is 0 Å². The van der Waals surface area contributed by atoms with Gasteiger partial charge in [-0.1, -0.05) is 103 Å². The molecule has 0 radical (unpaired) electrons. The molecule has 10 aromatic carbocycles. The normalized spacial score (nSPS) is 11.2. The molecule has 0 unspecified atom stereocenters. The molecule has 78 heavy (non-hydrogen) atoms. The molecule has 0 aliphatic carbocycles. The molecule has 2 aromatic heterocycles. The van der Waals surface area contributed by atoms with Crippen molar-refractivity contribution in [1.29, 1.82) is 31.6 Å².